The molecule has 1 atom stereocenters. The molecule has 0 aliphatic heterocycles. The Balaban J connectivity index is 3.28. The molecule has 106 valence electrons. The maximum atomic E-state index is 12.0. The molecule has 1 unspecified atom stereocenters. The van der Waals surface area contributed by atoms with E-state index >= 15 is 0 Å². The maximum absolute atomic E-state index is 12.0. The standard InChI is InChI=1S/C12H20N4O3/c1-7-9(13-10(17)8(2)14(3)4)11(18)16(6)12(19)15(7)5/h8H,1-6H3,(H,13,17). The van der Waals surface area contributed by atoms with E-state index in [1.807, 2.05) is 0 Å². The average Bonchev–Trinajstić information content (AvgIpc) is 2.37. The number of likely N-dealkylation sites (N-methyl/N-ethyl adjacent to an activating group) is 1. The third kappa shape index (κ3) is 2.76. The lowest BCUT2D eigenvalue weighted by molar-refractivity contribution is -0.119. The Morgan fingerprint density at radius 3 is 2.21 bits per heavy atom. The van der Waals surface area contributed by atoms with Gasteiger partial charge in [0.05, 0.1) is 6.04 Å². The van der Waals surface area contributed by atoms with Gasteiger partial charge >= 0.3 is 5.69 Å². The molecule has 0 saturated heterocycles. The zero-order chi connectivity index (χ0) is 14.9. The summed E-state index contributed by atoms with van der Waals surface area (Å²) in [5.74, 6) is -0.288. The first-order valence-corrected chi connectivity index (χ1v) is 5.92. The first kappa shape index (κ1) is 15.2. The number of amides is 1. The Kier molecular flexibility index (Phi) is 4.31. The van der Waals surface area contributed by atoms with E-state index < -0.39 is 11.2 Å². The minimum Gasteiger partial charge on any atom is -0.319 e. The normalized spacial score (nSPS) is 12.6. The summed E-state index contributed by atoms with van der Waals surface area (Å²) in [6, 6.07) is -0.374. The monoisotopic (exact) mass is 268 g/mol. The van der Waals surface area contributed by atoms with Crippen molar-refractivity contribution in [3.05, 3.63) is 26.5 Å². The highest BCUT2D eigenvalue weighted by atomic mass is 16.2. The van der Waals surface area contributed by atoms with Gasteiger partial charge in [-0.3, -0.25) is 23.6 Å². The van der Waals surface area contributed by atoms with E-state index in [1.165, 1.54) is 11.6 Å². The fourth-order valence-electron chi connectivity index (χ4n) is 1.55. The van der Waals surface area contributed by atoms with Crippen LogP contribution in [0, 0.1) is 6.92 Å². The van der Waals surface area contributed by atoms with Gasteiger partial charge in [0.2, 0.25) is 5.91 Å². The number of aromatic nitrogens is 2. The van der Waals surface area contributed by atoms with Crippen LogP contribution in [0.15, 0.2) is 9.59 Å². The zero-order valence-electron chi connectivity index (χ0n) is 12.1. The van der Waals surface area contributed by atoms with Crippen molar-refractivity contribution in [1.29, 1.82) is 0 Å². The first-order valence-electron chi connectivity index (χ1n) is 5.92. The van der Waals surface area contributed by atoms with E-state index in [2.05, 4.69) is 5.32 Å². The summed E-state index contributed by atoms with van der Waals surface area (Å²) in [4.78, 5) is 37.4. The van der Waals surface area contributed by atoms with Crippen LogP contribution in [0.2, 0.25) is 0 Å². The average molecular weight is 268 g/mol. The Bertz CT molecular complexity index is 613. The Labute approximate surface area is 111 Å². The van der Waals surface area contributed by atoms with Gasteiger partial charge in [0.1, 0.15) is 5.69 Å². The van der Waals surface area contributed by atoms with Gasteiger partial charge in [-0.05, 0) is 27.9 Å². The molecule has 0 fully saturated rings. The number of nitrogens with one attached hydrogen (secondary N) is 1. The summed E-state index contributed by atoms with van der Waals surface area (Å²) in [5, 5.41) is 2.59. The van der Waals surface area contributed by atoms with Crippen LogP contribution in [0.4, 0.5) is 5.69 Å². The van der Waals surface area contributed by atoms with Crippen molar-refractivity contribution in [2.45, 2.75) is 19.9 Å². The first-order chi connectivity index (χ1) is 8.68. The molecule has 7 nitrogen and oxygen atoms in total. The molecule has 7 heteroatoms. The van der Waals surface area contributed by atoms with E-state index in [1.54, 1.807) is 39.9 Å². The molecule has 0 aliphatic rings. The van der Waals surface area contributed by atoms with Gasteiger partial charge in [-0.2, -0.15) is 0 Å². The summed E-state index contributed by atoms with van der Waals surface area (Å²) in [5.41, 5.74) is -0.336. The Morgan fingerprint density at radius 1 is 1.21 bits per heavy atom. The molecule has 0 radical (unpaired) electrons. The smallest absolute Gasteiger partial charge is 0.319 e. The molecule has 1 heterocycles. The number of nitrogens with zero attached hydrogens (tertiary/aromatic N) is 3. The molecule has 0 bridgehead atoms. The molecule has 0 saturated carbocycles. The van der Waals surface area contributed by atoms with E-state index in [0.717, 1.165) is 4.57 Å². The van der Waals surface area contributed by atoms with Crippen molar-refractivity contribution in [3.8, 4) is 0 Å². The summed E-state index contributed by atoms with van der Waals surface area (Å²) in [6.45, 7) is 3.36. The Hall–Kier alpha value is -1.89. The predicted octanol–water partition coefficient (Wildman–Crippen LogP) is -0.719. The van der Waals surface area contributed by atoms with E-state index in [4.69, 9.17) is 0 Å². The van der Waals surface area contributed by atoms with Gasteiger partial charge in [0.25, 0.3) is 5.56 Å². The van der Waals surface area contributed by atoms with Crippen molar-refractivity contribution in [1.82, 2.24) is 14.0 Å². The molecule has 1 aromatic heterocycles. The second kappa shape index (κ2) is 5.40. The highest BCUT2D eigenvalue weighted by Crippen LogP contribution is 2.06. The summed E-state index contributed by atoms with van der Waals surface area (Å²) in [7, 11) is 6.49. The molecule has 0 spiro atoms. The number of carbonyl (C=O) groups excluding carboxylic acids is 1. The van der Waals surface area contributed by atoms with Crippen molar-refractivity contribution in [3.63, 3.8) is 0 Å². The van der Waals surface area contributed by atoms with Crippen molar-refractivity contribution in [2.75, 3.05) is 19.4 Å². The quantitative estimate of drug-likeness (QED) is 0.785. The van der Waals surface area contributed by atoms with E-state index in [0.29, 0.717) is 5.69 Å². The minimum atomic E-state index is -0.500. The van der Waals surface area contributed by atoms with Gasteiger partial charge < -0.3 is 5.32 Å². The zero-order valence-corrected chi connectivity index (χ0v) is 12.1. The number of rotatable bonds is 3. The molecule has 0 aromatic carbocycles. The summed E-state index contributed by atoms with van der Waals surface area (Å²) >= 11 is 0. The highest BCUT2D eigenvalue weighted by Gasteiger charge is 2.19. The van der Waals surface area contributed by atoms with Crippen LogP contribution in [0.3, 0.4) is 0 Å². The second-order valence-corrected chi connectivity index (χ2v) is 4.80. The fourth-order valence-corrected chi connectivity index (χ4v) is 1.55. The van der Waals surface area contributed by atoms with Gasteiger partial charge in [-0.15, -0.1) is 0 Å². The van der Waals surface area contributed by atoms with E-state index in [-0.39, 0.29) is 17.6 Å². The van der Waals surface area contributed by atoms with Crippen LogP contribution in [0.1, 0.15) is 12.6 Å². The molecule has 1 aromatic rings. The SMILES string of the molecule is Cc1c(NC(=O)C(C)N(C)C)c(=O)n(C)c(=O)n1C. The lowest BCUT2D eigenvalue weighted by Gasteiger charge is -2.20. The third-order valence-corrected chi connectivity index (χ3v) is 3.36. The largest absolute Gasteiger partial charge is 0.330 e. The van der Waals surface area contributed by atoms with Gasteiger partial charge in [0.15, 0.2) is 0 Å². The number of hydrogen-bond donors (Lipinski definition) is 1. The molecule has 1 amide bonds. The molecular weight excluding hydrogens is 248 g/mol. The van der Waals surface area contributed by atoms with E-state index in [9.17, 15) is 14.4 Å². The van der Waals surface area contributed by atoms with Crippen molar-refractivity contribution >= 4 is 11.6 Å². The summed E-state index contributed by atoms with van der Waals surface area (Å²) in [6.07, 6.45) is 0. The number of carbonyl (C=O) groups is 1. The van der Waals surface area contributed by atoms with Crippen LogP contribution in [0.25, 0.3) is 0 Å². The molecule has 1 rings (SSSR count). The second-order valence-electron chi connectivity index (χ2n) is 4.80. The van der Waals surface area contributed by atoms with Crippen LogP contribution >= 0.6 is 0 Å². The van der Waals surface area contributed by atoms with Crippen molar-refractivity contribution in [2.24, 2.45) is 14.1 Å². The molecular formula is C12H20N4O3. The van der Waals surface area contributed by atoms with Crippen LogP contribution in [0.5, 0.6) is 0 Å². The maximum Gasteiger partial charge on any atom is 0.330 e. The third-order valence-electron chi connectivity index (χ3n) is 3.36. The number of hydrogen-bond acceptors (Lipinski definition) is 4. The topological polar surface area (TPSA) is 76.3 Å². The summed E-state index contributed by atoms with van der Waals surface area (Å²) < 4.78 is 2.31. The van der Waals surface area contributed by atoms with Gasteiger partial charge in [-0.1, -0.05) is 0 Å². The van der Waals surface area contributed by atoms with Crippen LogP contribution in [-0.4, -0.2) is 40.1 Å². The van der Waals surface area contributed by atoms with Crippen LogP contribution in [-0.2, 0) is 18.9 Å². The molecule has 19 heavy (non-hydrogen) atoms. The number of anilines is 1. The lowest BCUT2D eigenvalue weighted by atomic mass is 10.2. The van der Waals surface area contributed by atoms with Gasteiger partial charge in [0, 0.05) is 19.8 Å². The molecule has 1 N–H and O–H groups in total. The van der Waals surface area contributed by atoms with Crippen molar-refractivity contribution < 1.29 is 4.79 Å². The fraction of sp³-hybridized carbons (Fsp3) is 0.583. The highest BCUT2D eigenvalue weighted by molar-refractivity contribution is 5.94. The van der Waals surface area contributed by atoms with Crippen LogP contribution < -0.4 is 16.6 Å². The predicted molar refractivity (Wildman–Crippen MR) is 73.4 cm³/mol. The molecule has 0 aliphatic carbocycles. The lowest BCUT2D eigenvalue weighted by Crippen LogP contribution is -2.43. The minimum absolute atomic E-state index is 0.142. The van der Waals surface area contributed by atoms with Gasteiger partial charge in [-0.25, -0.2) is 4.79 Å². The Morgan fingerprint density at radius 2 is 1.74 bits per heavy atom.